The van der Waals surface area contributed by atoms with Crippen LogP contribution in [0.2, 0.25) is 0 Å². The van der Waals surface area contributed by atoms with Crippen LogP contribution in [0.5, 0.6) is 0 Å². The smallest absolute Gasteiger partial charge is 0.314 e. The van der Waals surface area contributed by atoms with Crippen LogP contribution < -0.4 is 10.6 Å². The molecule has 1 saturated heterocycles. The normalized spacial score (nSPS) is 22.8. The van der Waals surface area contributed by atoms with Crippen molar-refractivity contribution in [2.24, 2.45) is 0 Å². The fourth-order valence-corrected chi connectivity index (χ4v) is 2.99. The Bertz CT molecular complexity index is 543. The zero-order valence-corrected chi connectivity index (χ0v) is 11.9. The highest BCUT2D eigenvalue weighted by Crippen LogP contribution is 2.48. The molecule has 1 unspecified atom stereocenters. The van der Waals surface area contributed by atoms with Gasteiger partial charge < -0.3 is 15.7 Å². The lowest BCUT2D eigenvalue weighted by Gasteiger charge is -2.13. The molecule has 0 bridgehead atoms. The second kappa shape index (κ2) is 5.48. The largest absolute Gasteiger partial charge is 0.481 e. The number of hydrogen-bond donors (Lipinski definition) is 3. The summed E-state index contributed by atoms with van der Waals surface area (Å²) < 4.78 is 0. The first kappa shape index (κ1) is 14.1. The highest BCUT2D eigenvalue weighted by atomic mass is 16.4. The average molecular weight is 288 g/mol. The summed E-state index contributed by atoms with van der Waals surface area (Å²) >= 11 is 0. The van der Waals surface area contributed by atoms with E-state index in [4.69, 9.17) is 0 Å². The summed E-state index contributed by atoms with van der Waals surface area (Å²) in [6, 6.07) is 7.48. The maximum atomic E-state index is 11.9. The van der Waals surface area contributed by atoms with Crippen molar-refractivity contribution in [3.63, 3.8) is 0 Å². The SMILES string of the molecule is O=C(CC1CCCN1)Nc1ccc(C2(C(=O)O)CC2)cc1. The van der Waals surface area contributed by atoms with E-state index in [1.165, 1.54) is 0 Å². The Kier molecular flexibility index (Phi) is 3.68. The van der Waals surface area contributed by atoms with Crippen molar-refractivity contribution in [1.29, 1.82) is 0 Å². The molecule has 2 aliphatic rings. The van der Waals surface area contributed by atoms with Crippen LogP contribution in [0.25, 0.3) is 0 Å². The second-order valence-corrected chi connectivity index (χ2v) is 6.01. The molecule has 3 N–H and O–H groups in total. The molecule has 1 saturated carbocycles. The van der Waals surface area contributed by atoms with E-state index in [1.54, 1.807) is 12.1 Å². The number of carboxylic acid groups (broad SMARTS) is 1. The molecular formula is C16H20N2O3. The van der Waals surface area contributed by atoms with Crippen molar-refractivity contribution in [2.75, 3.05) is 11.9 Å². The first-order valence-electron chi connectivity index (χ1n) is 7.47. The number of carbonyl (C=O) groups excluding carboxylic acids is 1. The highest BCUT2D eigenvalue weighted by molar-refractivity contribution is 5.91. The number of amides is 1. The third kappa shape index (κ3) is 2.93. The van der Waals surface area contributed by atoms with Crippen LogP contribution in [0.15, 0.2) is 24.3 Å². The number of carbonyl (C=O) groups is 2. The Hall–Kier alpha value is -1.88. The van der Waals surface area contributed by atoms with Gasteiger partial charge in [-0.1, -0.05) is 12.1 Å². The van der Waals surface area contributed by atoms with E-state index < -0.39 is 11.4 Å². The fourth-order valence-electron chi connectivity index (χ4n) is 2.99. The van der Waals surface area contributed by atoms with Crippen molar-refractivity contribution in [3.8, 4) is 0 Å². The van der Waals surface area contributed by atoms with E-state index >= 15 is 0 Å². The monoisotopic (exact) mass is 288 g/mol. The van der Waals surface area contributed by atoms with Crippen LogP contribution in [-0.2, 0) is 15.0 Å². The van der Waals surface area contributed by atoms with Gasteiger partial charge in [0.25, 0.3) is 0 Å². The Labute approximate surface area is 123 Å². The maximum absolute atomic E-state index is 11.9. The number of carboxylic acids is 1. The van der Waals surface area contributed by atoms with Gasteiger partial charge in [-0.25, -0.2) is 0 Å². The molecular weight excluding hydrogens is 268 g/mol. The number of hydrogen-bond acceptors (Lipinski definition) is 3. The molecule has 0 spiro atoms. The molecule has 1 heterocycles. The van der Waals surface area contributed by atoms with Crippen molar-refractivity contribution < 1.29 is 14.7 Å². The summed E-state index contributed by atoms with van der Waals surface area (Å²) in [5, 5.41) is 15.4. The van der Waals surface area contributed by atoms with Gasteiger partial charge in [-0.05, 0) is 49.9 Å². The molecule has 112 valence electrons. The van der Waals surface area contributed by atoms with Gasteiger partial charge in [0.2, 0.25) is 5.91 Å². The molecule has 1 amide bonds. The summed E-state index contributed by atoms with van der Waals surface area (Å²) in [5.41, 5.74) is 0.865. The zero-order valence-electron chi connectivity index (χ0n) is 11.9. The minimum Gasteiger partial charge on any atom is -0.481 e. The standard InChI is InChI=1S/C16H20N2O3/c19-14(10-13-2-1-9-17-13)18-12-5-3-11(4-6-12)16(7-8-16)15(20)21/h3-6,13,17H,1-2,7-10H2,(H,18,19)(H,20,21). The Morgan fingerprint density at radius 1 is 1.29 bits per heavy atom. The Morgan fingerprint density at radius 2 is 2.00 bits per heavy atom. The predicted molar refractivity (Wildman–Crippen MR) is 79.3 cm³/mol. The number of benzene rings is 1. The van der Waals surface area contributed by atoms with Crippen LogP contribution in [0, 0.1) is 0 Å². The van der Waals surface area contributed by atoms with Crippen molar-refractivity contribution in [3.05, 3.63) is 29.8 Å². The molecule has 2 fully saturated rings. The third-order valence-electron chi connectivity index (χ3n) is 4.47. The molecule has 5 heteroatoms. The van der Waals surface area contributed by atoms with Crippen molar-refractivity contribution >= 4 is 17.6 Å². The Morgan fingerprint density at radius 3 is 2.52 bits per heavy atom. The van der Waals surface area contributed by atoms with E-state index in [0.29, 0.717) is 19.3 Å². The summed E-state index contributed by atoms with van der Waals surface area (Å²) in [6.45, 7) is 0.990. The topological polar surface area (TPSA) is 78.4 Å². The van der Waals surface area contributed by atoms with Gasteiger partial charge in [0.05, 0.1) is 5.41 Å². The number of nitrogens with one attached hydrogen (secondary N) is 2. The average Bonchev–Trinajstić information content (AvgIpc) is 3.12. The molecule has 1 aromatic carbocycles. The lowest BCUT2D eigenvalue weighted by atomic mass is 9.96. The van der Waals surface area contributed by atoms with Gasteiger partial charge in [0, 0.05) is 18.2 Å². The first-order chi connectivity index (χ1) is 10.1. The summed E-state index contributed by atoms with van der Waals surface area (Å²) in [7, 11) is 0. The van der Waals surface area contributed by atoms with Gasteiger partial charge in [-0.3, -0.25) is 9.59 Å². The van der Waals surface area contributed by atoms with E-state index in [-0.39, 0.29) is 11.9 Å². The van der Waals surface area contributed by atoms with Gasteiger partial charge >= 0.3 is 5.97 Å². The van der Waals surface area contributed by atoms with Crippen LogP contribution in [0.1, 0.15) is 37.7 Å². The predicted octanol–water partition coefficient (Wildman–Crippen LogP) is 1.88. The van der Waals surface area contributed by atoms with Gasteiger partial charge in [0.1, 0.15) is 0 Å². The summed E-state index contributed by atoms with van der Waals surface area (Å²) in [4.78, 5) is 23.2. The second-order valence-electron chi connectivity index (χ2n) is 6.01. The molecule has 1 aliphatic carbocycles. The lowest BCUT2D eigenvalue weighted by molar-refractivity contribution is -0.140. The zero-order chi connectivity index (χ0) is 14.9. The molecule has 1 aromatic rings. The molecule has 0 radical (unpaired) electrons. The lowest BCUT2D eigenvalue weighted by Crippen LogP contribution is -2.27. The van der Waals surface area contributed by atoms with Crippen molar-refractivity contribution in [1.82, 2.24) is 5.32 Å². The Balaban J connectivity index is 1.59. The van der Waals surface area contributed by atoms with Gasteiger partial charge in [-0.15, -0.1) is 0 Å². The first-order valence-corrected chi connectivity index (χ1v) is 7.47. The molecule has 0 aromatic heterocycles. The number of rotatable bonds is 5. The van der Waals surface area contributed by atoms with E-state index in [1.807, 2.05) is 12.1 Å². The minimum atomic E-state index is -0.758. The van der Waals surface area contributed by atoms with Crippen LogP contribution in [0.3, 0.4) is 0 Å². The van der Waals surface area contributed by atoms with Gasteiger partial charge in [0.15, 0.2) is 0 Å². The number of anilines is 1. The third-order valence-corrected chi connectivity index (χ3v) is 4.47. The quantitative estimate of drug-likeness (QED) is 0.773. The fraction of sp³-hybridized carbons (Fsp3) is 0.500. The molecule has 1 atom stereocenters. The summed E-state index contributed by atoms with van der Waals surface area (Å²) in [6.07, 6.45) is 4.06. The van der Waals surface area contributed by atoms with E-state index in [2.05, 4.69) is 10.6 Å². The number of aliphatic carboxylic acids is 1. The summed E-state index contributed by atoms with van der Waals surface area (Å²) in [5.74, 6) is -0.756. The molecule has 21 heavy (non-hydrogen) atoms. The van der Waals surface area contributed by atoms with Crippen molar-refractivity contribution in [2.45, 2.75) is 43.6 Å². The molecule has 3 rings (SSSR count). The van der Waals surface area contributed by atoms with Crippen LogP contribution >= 0.6 is 0 Å². The van der Waals surface area contributed by atoms with E-state index in [9.17, 15) is 14.7 Å². The molecule has 5 nitrogen and oxygen atoms in total. The molecule has 1 aliphatic heterocycles. The van der Waals surface area contributed by atoms with Crippen LogP contribution in [0.4, 0.5) is 5.69 Å². The highest BCUT2D eigenvalue weighted by Gasteiger charge is 2.51. The van der Waals surface area contributed by atoms with Gasteiger partial charge in [-0.2, -0.15) is 0 Å². The minimum absolute atomic E-state index is 0.00141. The maximum Gasteiger partial charge on any atom is 0.314 e. The van der Waals surface area contributed by atoms with Crippen LogP contribution in [-0.4, -0.2) is 29.6 Å². The van der Waals surface area contributed by atoms with E-state index in [0.717, 1.165) is 30.6 Å².